The largest absolute Gasteiger partial charge is 0.480 e. The van der Waals surface area contributed by atoms with Crippen molar-refractivity contribution in [1.29, 1.82) is 0 Å². The number of aryl methyl sites for hydroxylation is 1. The average Bonchev–Trinajstić information content (AvgIpc) is 3.29. The number of carbonyl (C=O) groups is 2. The molecule has 4 rings (SSSR count). The molecular formula is C19H21N3O3. The van der Waals surface area contributed by atoms with Crippen molar-refractivity contribution in [3.63, 3.8) is 0 Å². The summed E-state index contributed by atoms with van der Waals surface area (Å²) in [4.78, 5) is 26.2. The summed E-state index contributed by atoms with van der Waals surface area (Å²) in [6.07, 6.45) is 6.69. The van der Waals surface area contributed by atoms with Crippen LogP contribution in [0.5, 0.6) is 0 Å². The highest BCUT2D eigenvalue weighted by molar-refractivity contribution is 5.97. The number of carboxylic acids is 1. The number of likely N-dealkylation sites (tertiary alicyclic amines) is 1. The lowest BCUT2D eigenvalue weighted by Gasteiger charge is -2.24. The van der Waals surface area contributed by atoms with E-state index in [0.717, 1.165) is 30.5 Å². The lowest BCUT2D eigenvalue weighted by Crippen LogP contribution is -2.43. The number of carboxylic acid groups (broad SMARTS) is 1. The van der Waals surface area contributed by atoms with Crippen LogP contribution < -0.4 is 0 Å². The third-order valence-electron chi connectivity index (χ3n) is 5.49. The fraction of sp³-hybridized carbons (Fsp3) is 0.421. The number of fused-ring (bicyclic) bond motifs is 1. The minimum Gasteiger partial charge on any atom is -0.480 e. The maximum absolute atomic E-state index is 12.9. The molecule has 2 heterocycles. The van der Waals surface area contributed by atoms with Gasteiger partial charge in [0.25, 0.3) is 5.91 Å². The molecule has 0 bridgehead atoms. The Labute approximate surface area is 146 Å². The zero-order valence-corrected chi connectivity index (χ0v) is 14.1. The number of hydrogen-bond donors (Lipinski definition) is 1. The summed E-state index contributed by atoms with van der Waals surface area (Å²) in [6, 6.07) is 6.50. The third-order valence-corrected chi connectivity index (χ3v) is 5.49. The van der Waals surface area contributed by atoms with Crippen molar-refractivity contribution in [2.45, 2.75) is 32.2 Å². The van der Waals surface area contributed by atoms with Gasteiger partial charge in [-0.1, -0.05) is 6.42 Å². The van der Waals surface area contributed by atoms with E-state index in [4.69, 9.17) is 0 Å². The molecule has 6 heteroatoms. The van der Waals surface area contributed by atoms with E-state index in [-0.39, 0.29) is 11.8 Å². The molecule has 6 nitrogen and oxygen atoms in total. The second-order valence-corrected chi connectivity index (χ2v) is 7.10. The minimum atomic E-state index is -0.883. The number of aromatic nitrogens is 2. The summed E-state index contributed by atoms with van der Waals surface area (Å²) in [7, 11) is 0. The van der Waals surface area contributed by atoms with E-state index >= 15 is 0 Å². The zero-order chi connectivity index (χ0) is 17.6. The molecule has 2 aromatic rings. The molecule has 3 unspecified atom stereocenters. The Balaban J connectivity index is 1.57. The quantitative estimate of drug-likeness (QED) is 0.932. The van der Waals surface area contributed by atoms with Gasteiger partial charge in [-0.2, -0.15) is 5.10 Å². The first kappa shape index (κ1) is 15.9. The highest BCUT2D eigenvalue weighted by Crippen LogP contribution is 2.42. The van der Waals surface area contributed by atoms with E-state index in [0.29, 0.717) is 18.0 Å². The molecule has 1 saturated carbocycles. The molecule has 0 spiro atoms. The number of carbonyl (C=O) groups excluding carboxylic acids is 1. The van der Waals surface area contributed by atoms with Crippen LogP contribution in [0.3, 0.4) is 0 Å². The predicted octanol–water partition coefficient (Wildman–Crippen LogP) is 2.51. The maximum Gasteiger partial charge on any atom is 0.326 e. The summed E-state index contributed by atoms with van der Waals surface area (Å²) < 4.78 is 1.75. The number of benzene rings is 1. The second-order valence-electron chi connectivity index (χ2n) is 7.10. The lowest BCUT2D eigenvalue weighted by molar-refractivity contribution is -0.142. The molecule has 2 fully saturated rings. The van der Waals surface area contributed by atoms with Crippen LogP contribution >= 0.6 is 0 Å². The van der Waals surface area contributed by atoms with Crippen molar-refractivity contribution < 1.29 is 14.7 Å². The highest BCUT2D eigenvalue weighted by Gasteiger charge is 2.49. The molecular weight excluding hydrogens is 318 g/mol. The highest BCUT2D eigenvalue weighted by atomic mass is 16.4. The van der Waals surface area contributed by atoms with Crippen LogP contribution in [0.25, 0.3) is 5.69 Å². The molecule has 1 aromatic heterocycles. The summed E-state index contributed by atoms with van der Waals surface area (Å²) in [5.74, 6) is -0.638. The van der Waals surface area contributed by atoms with Crippen molar-refractivity contribution in [3.8, 4) is 5.69 Å². The molecule has 1 aliphatic heterocycles. The number of hydrogen-bond acceptors (Lipinski definition) is 3. The van der Waals surface area contributed by atoms with Gasteiger partial charge >= 0.3 is 5.97 Å². The lowest BCUT2D eigenvalue weighted by atomic mass is 9.94. The number of amides is 1. The van der Waals surface area contributed by atoms with Crippen LogP contribution in [0.4, 0.5) is 0 Å². The Hall–Kier alpha value is -2.63. The van der Waals surface area contributed by atoms with E-state index in [1.54, 1.807) is 27.9 Å². The van der Waals surface area contributed by atoms with Crippen molar-refractivity contribution in [2.75, 3.05) is 6.54 Å². The maximum atomic E-state index is 12.9. The Morgan fingerprint density at radius 2 is 1.96 bits per heavy atom. The molecule has 25 heavy (non-hydrogen) atoms. The number of aliphatic carboxylic acids is 1. The van der Waals surface area contributed by atoms with Gasteiger partial charge < -0.3 is 10.0 Å². The average molecular weight is 339 g/mol. The SMILES string of the molecule is Cc1cnn(-c2ccc(C(=O)N3CC4CCCC4C3C(=O)O)cc2)c1. The second kappa shape index (κ2) is 6.02. The van der Waals surface area contributed by atoms with Crippen LogP contribution in [0.15, 0.2) is 36.7 Å². The predicted molar refractivity (Wildman–Crippen MR) is 91.6 cm³/mol. The standard InChI is InChI=1S/C19H21N3O3/c1-12-9-20-22(10-12)15-7-5-13(6-8-15)18(23)21-11-14-3-2-4-16(14)17(21)19(24)25/h5-10,14,16-17H,2-4,11H2,1H3,(H,24,25). The van der Waals surface area contributed by atoms with Gasteiger partial charge in [0.15, 0.2) is 0 Å². The van der Waals surface area contributed by atoms with Crippen LogP contribution in [0, 0.1) is 18.8 Å². The molecule has 130 valence electrons. The van der Waals surface area contributed by atoms with Gasteiger partial charge in [0.1, 0.15) is 6.04 Å². The van der Waals surface area contributed by atoms with E-state index in [9.17, 15) is 14.7 Å². The Morgan fingerprint density at radius 1 is 1.20 bits per heavy atom. The van der Waals surface area contributed by atoms with E-state index in [1.165, 1.54) is 0 Å². The van der Waals surface area contributed by atoms with Gasteiger partial charge in [0.05, 0.1) is 11.9 Å². The summed E-state index contributed by atoms with van der Waals surface area (Å²) in [5.41, 5.74) is 2.46. The Kier molecular flexibility index (Phi) is 3.82. The molecule has 1 saturated heterocycles. The van der Waals surface area contributed by atoms with E-state index < -0.39 is 12.0 Å². The molecule has 1 amide bonds. The molecule has 1 aromatic carbocycles. The third kappa shape index (κ3) is 2.71. The Bertz CT molecular complexity index is 812. The van der Waals surface area contributed by atoms with Crippen LogP contribution in [0.2, 0.25) is 0 Å². The topological polar surface area (TPSA) is 75.4 Å². The van der Waals surface area contributed by atoms with E-state index in [2.05, 4.69) is 5.10 Å². The van der Waals surface area contributed by atoms with Crippen molar-refractivity contribution in [2.24, 2.45) is 11.8 Å². The van der Waals surface area contributed by atoms with Gasteiger partial charge in [-0.25, -0.2) is 9.48 Å². The number of rotatable bonds is 3. The molecule has 3 atom stereocenters. The summed E-state index contributed by atoms with van der Waals surface area (Å²) >= 11 is 0. The van der Waals surface area contributed by atoms with Crippen molar-refractivity contribution >= 4 is 11.9 Å². The zero-order valence-electron chi connectivity index (χ0n) is 14.1. The van der Waals surface area contributed by atoms with Gasteiger partial charge in [-0.15, -0.1) is 0 Å². The van der Waals surface area contributed by atoms with Crippen LogP contribution in [0.1, 0.15) is 35.2 Å². The first-order valence-corrected chi connectivity index (χ1v) is 8.70. The normalized spacial score (nSPS) is 25.2. The summed E-state index contributed by atoms with van der Waals surface area (Å²) in [6.45, 7) is 2.53. The first-order chi connectivity index (χ1) is 12.0. The minimum absolute atomic E-state index is 0.104. The van der Waals surface area contributed by atoms with Crippen molar-refractivity contribution in [3.05, 3.63) is 47.8 Å². The summed E-state index contributed by atoms with van der Waals surface area (Å²) in [5, 5.41) is 13.9. The first-order valence-electron chi connectivity index (χ1n) is 8.70. The monoisotopic (exact) mass is 339 g/mol. The molecule has 1 N–H and O–H groups in total. The van der Waals surface area contributed by atoms with Crippen LogP contribution in [-0.4, -0.2) is 44.3 Å². The van der Waals surface area contributed by atoms with Crippen LogP contribution in [-0.2, 0) is 4.79 Å². The van der Waals surface area contributed by atoms with Gasteiger partial charge in [-0.3, -0.25) is 4.79 Å². The van der Waals surface area contributed by atoms with Gasteiger partial charge in [0.2, 0.25) is 0 Å². The van der Waals surface area contributed by atoms with Gasteiger partial charge in [0, 0.05) is 18.3 Å². The fourth-order valence-electron chi connectivity index (χ4n) is 4.31. The fourth-order valence-corrected chi connectivity index (χ4v) is 4.31. The molecule has 0 radical (unpaired) electrons. The molecule has 2 aliphatic rings. The van der Waals surface area contributed by atoms with Gasteiger partial charge in [-0.05, 0) is 61.4 Å². The molecule has 1 aliphatic carbocycles. The smallest absolute Gasteiger partial charge is 0.326 e. The number of nitrogens with zero attached hydrogens (tertiary/aromatic N) is 3. The Morgan fingerprint density at radius 3 is 2.60 bits per heavy atom. The van der Waals surface area contributed by atoms with Crippen molar-refractivity contribution in [1.82, 2.24) is 14.7 Å². The van der Waals surface area contributed by atoms with E-state index in [1.807, 2.05) is 25.3 Å².